The van der Waals surface area contributed by atoms with Gasteiger partial charge in [-0.25, -0.2) is 4.98 Å². The van der Waals surface area contributed by atoms with Gasteiger partial charge in [-0.1, -0.05) is 12.1 Å². The molecule has 0 amide bonds. The molecule has 3 aromatic rings. The maximum atomic E-state index is 4.54. The van der Waals surface area contributed by atoms with Crippen molar-refractivity contribution in [1.29, 1.82) is 0 Å². The summed E-state index contributed by atoms with van der Waals surface area (Å²) in [5.74, 6) is 0.821. The lowest BCUT2D eigenvalue weighted by Gasteiger charge is -2.05. The molecule has 0 bridgehead atoms. The van der Waals surface area contributed by atoms with E-state index in [0.717, 1.165) is 23.4 Å². The topological polar surface area (TPSA) is 37.8 Å². The summed E-state index contributed by atoms with van der Waals surface area (Å²) in [6.07, 6.45) is 1.78. The van der Waals surface area contributed by atoms with Gasteiger partial charge in [0.15, 0.2) is 0 Å². The number of nitrogens with one attached hydrogen (secondary N) is 1. The quantitative estimate of drug-likeness (QED) is 0.777. The minimum atomic E-state index is 0.802. The Morgan fingerprint density at radius 1 is 1.17 bits per heavy atom. The average Bonchev–Trinajstić information content (AvgIpc) is 2.82. The molecule has 2 heterocycles. The smallest absolute Gasteiger partial charge is 0.145 e. The van der Waals surface area contributed by atoms with E-state index in [2.05, 4.69) is 33.7 Å². The first-order valence-corrected chi connectivity index (χ1v) is 6.69. The lowest BCUT2D eigenvalue weighted by atomic mass is 10.3. The van der Waals surface area contributed by atoms with Gasteiger partial charge < -0.3 is 5.32 Å². The van der Waals surface area contributed by atoms with E-state index in [1.807, 2.05) is 24.3 Å². The number of para-hydroxylation sites is 2. The van der Waals surface area contributed by atoms with E-state index >= 15 is 0 Å². The molecule has 0 aliphatic carbocycles. The third kappa shape index (κ3) is 2.19. The first kappa shape index (κ1) is 11.2. The number of aryl methyl sites for hydroxylation is 1. The van der Waals surface area contributed by atoms with Crippen LogP contribution < -0.4 is 5.32 Å². The molecule has 0 atom stereocenters. The minimum Gasteiger partial charge on any atom is -0.364 e. The van der Waals surface area contributed by atoms with Gasteiger partial charge in [0.2, 0.25) is 0 Å². The standard InChI is InChI=1S/C14H13N3S/c1-10-6-7-18-13(10)8-16-14-9-15-11-4-2-3-5-12(11)17-14/h2-7,9H,8H2,1H3,(H,16,17). The lowest BCUT2D eigenvalue weighted by molar-refractivity contribution is 1.12. The zero-order valence-corrected chi connectivity index (χ0v) is 10.9. The highest BCUT2D eigenvalue weighted by Crippen LogP contribution is 2.17. The average molecular weight is 255 g/mol. The molecule has 18 heavy (non-hydrogen) atoms. The number of rotatable bonds is 3. The number of anilines is 1. The molecule has 90 valence electrons. The van der Waals surface area contributed by atoms with Gasteiger partial charge in [-0.2, -0.15) is 0 Å². The Bertz CT molecular complexity index is 675. The van der Waals surface area contributed by atoms with Crippen molar-refractivity contribution >= 4 is 28.2 Å². The largest absolute Gasteiger partial charge is 0.364 e. The van der Waals surface area contributed by atoms with Crippen LogP contribution in [0.15, 0.2) is 41.9 Å². The molecule has 3 rings (SSSR count). The van der Waals surface area contributed by atoms with Crippen LogP contribution in [0.1, 0.15) is 10.4 Å². The molecule has 3 nitrogen and oxygen atoms in total. The van der Waals surface area contributed by atoms with Crippen molar-refractivity contribution in [3.8, 4) is 0 Å². The summed E-state index contributed by atoms with van der Waals surface area (Å²) in [4.78, 5) is 10.3. The van der Waals surface area contributed by atoms with Gasteiger partial charge in [0, 0.05) is 4.88 Å². The van der Waals surface area contributed by atoms with Crippen molar-refractivity contribution in [3.05, 3.63) is 52.3 Å². The molecule has 2 aromatic heterocycles. The molecule has 1 aromatic carbocycles. The third-order valence-electron chi connectivity index (χ3n) is 2.85. The fourth-order valence-electron chi connectivity index (χ4n) is 1.80. The van der Waals surface area contributed by atoms with Crippen LogP contribution in [0.25, 0.3) is 11.0 Å². The van der Waals surface area contributed by atoms with Crippen LogP contribution in [0.2, 0.25) is 0 Å². The molecule has 0 saturated heterocycles. The summed E-state index contributed by atoms with van der Waals surface area (Å²) in [6.45, 7) is 2.93. The van der Waals surface area contributed by atoms with Crippen LogP contribution in [-0.4, -0.2) is 9.97 Å². The Kier molecular flexibility index (Phi) is 2.94. The zero-order valence-electron chi connectivity index (χ0n) is 10.1. The van der Waals surface area contributed by atoms with Gasteiger partial charge in [0.25, 0.3) is 0 Å². The summed E-state index contributed by atoms with van der Waals surface area (Å²) in [6, 6.07) is 10.0. The molecule has 0 aliphatic heterocycles. The molecule has 0 radical (unpaired) electrons. The van der Waals surface area contributed by atoms with Crippen LogP contribution in [0.5, 0.6) is 0 Å². The molecule has 1 N–H and O–H groups in total. The summed E-state index contributed by atoms with van der Waals surface area (Å²) < 4.78 is 0. The highest BCUT2D eigenvalue weighted by atomic mass is 32.1. The summed E-state index contributed by atoms with van der Waals surface area (Å²) in [5.41, 5.74) is 3.17. The van der Waals surface area contributed by atoms with E-state index in [-0.39, 0.29) is 0 Å². The van der Waals surface area contributed by atoms with Gasteiger partial charge in [0.05, 0.1) is 23.8 Å². The molecule has 0 fully saturated rings. The second kappa shape index (κ2) is 4.74. The molecule has 0 unspecified atom stereocenters. The fourth-order valence-corrected chi connectivity index (χ4v) is 2.64. The second-order valence-electron chi connectivity index (χ2n) is 4.12. The summed E-state index contributed by atoms with van der Waals surface area (Å²) >= 11 is 1.76. The van der Waals surface area contributed by atoms with Crippen molar-refractivity contribution in [3.63, 3.8) is 0 Å². The Labute approximate surface area is 110 Å². The highest BCUT2D eigenvalue weighted by Gasteiger charge is 2.01. The Morgan fingerprint density at radius 2 is 2.00 bits per heavy atom. The molecule has 0 saturated carbocycles. The molecule has 0 spiro atoms. The van der Waals surface area contributed by atoms with E-state index in [1.54, 1.807) is 17.5 Å². The highest BCUT2D eigenvalue weighted by molar-refractivity contribution is 7.10. The normalized spacial score (nSPS) is 10.7. The number of fused-ring (bicyclic) bond motifs is 1. The number of nitrogens with zero attached hydrogens (tertiary/aromatic N) is 2. The zero-order chi connectivity index (χ0) is 12.4. The van der Waals surface area contributed by atoms with Gasteiger partial charge in [-0.3, -0.25) is 4.98 Å². The maximum absolute atomic E-state index is 4.54. The van der Waals surface area contributed by atoms with Crippen LogP contribution in [-0.2, 0) is 6.54 Å². The predicted octanol–water partition coefficient (Wildman–Crippen LogP) is 3.61. The number of thiophene rings is 1. The maximum Gasteiger partial charge on any atom is 0.145 e. The van der Waals surface area contributed by atoms with Crippen molar-refractivity contribution in [2.75, 3.05) is 5.32 Å². The monoisotopic (exact) mass is 255 g/mol. The molecular weight excluding hydrogens is 242 g/mol. The lowest BCUT2D eigenvalue weighted by Crippen LogP contribution is -2.01. The number of aromatic nitrogens is 2. The van der Waals surface area contributed by atoms with Crippen molar-refractivity contribution in [1.82, 2.24) is 9.97 Å². The van der Waals surface area contributed by atoms with Gasteiger partial charge in [-0.05, 0) is 36.1 Å². The Morgan fingerprint density at radius 3 is 2.78 bits per heavy atom. The van der Waals surface area contributed by atoms with Crippen LogP contribution in [0.3, 0.4) is 0 Å². The van der Waals surface area contributed by atoms with E-state index in [0.29, 0.717) is 0 Å². The molecular formula is C14H13N3S. The Balaban J connectivity index is 1.81. The number of hydrogen-bond acceptors (Lipinski definition) is 4. The minimum absolute atomic E-state index is 0.802. The van der Waals surface area contributed by atoms with Gasteiger partial charge >= 0.3 is 0 Å². The van der Waals surface area contributed by atoms with E-state index in [9.17, 15) is 0 Å². The van der Waals surface area contributed by atoms with Crippen LogP contribution in [0.4, 0.5) is 5.82 Å². The predicted molar refractivity (Wildman–Crippen MR) is 75.9 cm³/mol. The Hall–Kier alpha value is -1.94. The summed E-state index contributed by atoms with van der Waals surface area (Å²) in [7, 11) is 0. The van der Waals surface area contributed by atoms with Crippen molar-refractivity contribution < 1.29 is 0 Å². The van der Waals surface area contributed by atoms with Gasteiger partial charge in [-0.15, -0.1) is 11.3 Å². The van der Waals surface area contributed by atoms with E-state index < -0.39 is 0 Å². The van der Waals surface area contributed by atoms with Crippen molar-refractivity contribution in [2.24, 2.45) is 0 Å². The third-order valence-corrected chi connectivity index (χ3v) is 3.87. The summed E-state index contributed by atoms with van der Waals surface area (Å²) in [5, 5.41) is 5.43. The van der Waals surface area contributed by atoms with Gasteiger partial charge in [0.1, 0.15) is 5.82 Å². The first-order chi connectivity index (χ1) is 8.83. The fraction of sp³-hybridized carbons (Fsp3) is 0.143. The number of benzene rings is 1. The van der Waals surface area contributed by atoms with Crippen LogP contribution in [0, 0.1) is 6.92 Å². The van der Waals surface area contributed by atoms with Crippen LogP contribution >= 0.6 is 11.3 Å². The first-order valence-electron chi connectivity index (χ1n) is 5.81. The SMILES string of the molecule is Cc1ccsc1CNc1cnc2ccccc2n1. The number of hydrogen-bond donors (Lipinski definition) is 1. The van der Waals surface area contributed by atoms with E-state index in [4.69, 9.17) is 0 Å². The second-order valence-corrected chi connectivity index (χ2v) is 5.12. The van der Waals surface area contributed by atoms with E-state index in [1.165, 1.54) is 10.4 Å². The van der Waals surface area contributed by atoms with Crippen molar-refractivity contribution in [2.45, 2.75) is 13.5 Å². The molecule has 4 heteroatoms. The molecule has 0 aliphatic rings.